The van der Waals surface area contributed by atoms with Gasteiger partial charge in [-0.25, -0.2) is 4.98 Å². The first-order chi connectivity index (χ1) is 9.88. The highest BCUT2D eigenvalue weighted by Gasteiger charge is 2.43. The molecule has 1 aromatic rings. The Balaban J connectivity index is 2.25. The quantitative estimate of drug-likeness (QED) is 0.804. The van der Waals surface area contributed by atoms with Gasteiger partial charge in [0.2, 0.25) is 0 Å². The highest BCUT2D eigenvalue weighted by atomic mass is 32.2. The molecule has 2 heterocycles. The van der Waals surface area contributed by atoms with E-state index in [0.717, 1.165) is 25.3 Å². The van der Waals surface area contributed by atoms with Gasteiger partial charge in [0.05, 0.1) is 17.8 Å². The summed E-state index contributed by atoms with van der Waals surface area (Å²) in [5.41, 5.74) is 1.56. The van der Waals surface area contributed by atoms with Crippen molar-refractivity contribution in [3.8, 4) is 0 Å². The van der Waals surface area contributed by atoms with E-state index in [1.807, 2.05) is 23.1 Å². The molecule has 3 nitrogen and oxygen atoms in total. The van der Waals surface area contributed by atoms with E-state index >= 15 is 0 Å². The number of aromatic nitrogens is 1. The van der Waals surface area contributed by atoms with E-state index in [9.17, 15) is 0 Å². The zero-order chi connectivity index (χ0) is 15.5. The second-order valence-corrected chi connectivity index (χ2v) is 8.91. The molecule has 1 aliphatic heterocycles. The fourth-order valence-corrected chi connectivity index (χ4v) is 5.61. The zero-order valence-electron chi connectivity index (χ0n) is 13.9. The predicted octanol–water partition coefficient (Wildman–Crippen LogP) is 3.86. The molecule has 1 unspecified atom stereocenters. The van der Waals surface area contributed by atoms with E-state index < -0.39 is 0 Å². The fraction of sp³-hybridized carbons (Fsp3) is 0.812. The second-order valence-electron chi connectivity index (χ2n) is 7.07. The summed E-state index contributed by atoms with van der Waals surface area (Å²) in [7, 11) is 1.76. The van der Waals surface area contributed by atoms with Gasteiger partial charge in [-0.3, -0.25) is 0 Å². The summed E-state index contributed by atoms with van der Waals surface area (Å²) >= 11 is 3.86. The maximum atomic E-state index is 5.22. The van der Waals surface area contributed by atoms with E-state index in [2.05, 4.69) is 38.4 Å². The lowest BCUT2D eigenvalue weighted by Gasteiger charge is -2.44. The van der Waals surface area contributed by atoms with Gasteiger partial charge in [-0.05, 0) is 23.5 Å². The summed E-state index contributed by atoms with van der Waals surface area (Å²) < 4.78 is 5.22. The molecule has 0 radical (unpaired) electrons. The molecule has 5 heteroatoms. The van der Waals surface area contributed by atoms with Crippen LogP contribution in [0, 0.1) is 5.41 Å². The van der Waals surface area contributed by atoms with E-state index in [0.29, 0.717) is 11.3 Å². The third-order valence-electron chi connectivity index (χ3n) is 3.91. The van der Waals surface area contributed by atoms with Crippen LogP contribution in [0.3, 0.4) is 0 Å². The van der Waals surface area contributed by atoms with Crippen LogP contribution in [0.1, 0.15) is 50.7 Å². The molecule has 1 aliphatic rings. The van der Waals surface area contributed by atoms with Crippen LogP contribution in [-0.4, -0.2) is 36.8 Å². The minimum atomic E-state index is 0.00273. The minimum Gasteiger partial charge on any atom is -0.383 e. The van der Waals surface area contributed by atoms with Crippen molar-refractivity contribution in [2.75, 3.05) is 31.8 Å². The number of nitrogens with zero attached hydrogens (tertiary/aromatic N) is 1. The van der Waals surface area contributed by atoms with Gasteiger partial charge in [0.25, 0.3) is 0 Å². The molecule has 120 valence electrons. The first kappa shape index (κ1) is 17.3. The molecular formula is C16H28N2OS2. The van der Waals surface area contributed by atoms with E-state index in [4.69, 9.17) is 9.72 Å². The van der Waals surface area contributed by atoms with Gasteiger partial charge in [-0.1, -0.05) is 27.7 Å². The Morgan fingerprint density at radius 1 is 1.38 bits per heavy atom. The monoisotopic (exact) mass is 328 g/mol. The van der Waals surface area contributed by atoms with Gasteiger partial charge < -0.3 is 10.1 Å². The van der Waals surface area contributed by atoms with Crippen LogP contribution in [0.4, 0.5) is 0 Å². The standard InChI is InChI=1S/C16H28N2OS2/c1-12(2)13-8-21-14(18-13)16(17-6-7-19-5)9-15(3,4)10-20-11-16/h8,12,17H,6-7,9-11H2,1-5H3. The zero-order valence-corrected chi connectivity index (χ0v) is 15.5. The largest absolute Gasteiger partial charge is 0.383 e. The molecule has 2 rings (SSSR count). The molecule has 1 saturated heterocycles. The molecule has 1 N–H and O–H groups in total. The Bertz CT molecular complexity index is 459. The van der Waals surface area contributed by atoms with Crippen LogP contribution in [0.15, 0.2) is 5.38 Å². The van der Waals surface area contributed by atoms with Crippen LogP contribution in [-0.2, 0) is 10.3 Å². The maximum absolute atomic E-state index is 5.22. The molecule has 0 aliphatic carbocycles. The highest BCUT2D eigenvalue weighted by molar-refractivity contribution is 7.99. The third-order valence-corrected chi connectivity index (χ3v) is 6.66. The molecule has 0 bridgehead atoms. The highest BCUT2D eigenvalue weighted by Crippen LogP contribution is 2.45. The minimum absolute atomic E-state index is 0.00273. The van der Waals surface area contributed by atoms with Crippen LogP contribution >= 0.6 is 23.1 Å². The molecule has 0 spiro atoms. The Hall–Kier alpha value is -0.100. The molecule has 0 saturated carbocycles. The predicted molar refractivity (Wildman–Crippen MR) is 93.5 cm³/mol. The Kier molecular flexibility index (Phi) is 5.74. The number of thioether (sulfide) groups is 1. The summed E-state index contributed by atoms with van der Waals surface area (Å²) in [5.74, 6) is 2.82. The van der Waals surface area contributed by atoms with Gasteiger partial charge in [0.15, 0.2) is 0 Å². The average Bonchev–Trinajstić information content (AvgIpc) is 2.88. The Labute approximate surface area is 137 Å². The van der Waals surface area contributed by atoms with Crippen molar-refractivity contribution >= 4 is 23.1 Å². The summed E-state index contributed by atoms with van der Waals surface area (Å²) in [6, 6.07) is 0. The molecule has 0 amide bonds. The van der Waals surface area contributed by atoms with Crippen LogP contribution in [0.2, 0.25) is 0 Å². The topological polar surface area (TPSA) is 34.1 Å². The lowest BCUT2D eigenvalue weighted by Crippen LogP contribution is -2.51. The Morgan fingerprint density at radius 2 is 2.14 bits per heavy atom. The average molecular weight is 329 g/mol. The van der Waals surface area contributed by atoms with Gasteiger partial charge in [0, 0.05) is 24.8 Å². The molecule has 1 atom stereocenters. The number of ether oxygens (including phenoxy) is 1. The number of hydrogen-bond donors (Lipinski definition) is 1. The van der Waals surface area contributed by atoms with Crippen molar-refractivity contribution < 1.29 is 4.74 Å². The van der Waals surface area contributed by atoms with Crippen molar-refractivity contribution in [3.63, 3.8) is 0 Å². The summed E-state index contributed by atoms with van der Waals surface area (Å²) in [4.78, 5) is 4.95. The van der Waals surface area contributed by atoms with E-state index in [-0.39, 0.29) is 5.54 Å². The van der Waals surface area contributed by atoms with Crippen molar-refractivity contribution in [1.29, 1.82) is 0 Å². The molecule has 0 aromatic carbocycles. The maximum Gasteiger partial charge on any atom is 0.114 e. The lowest BCUT2D eigenvalue weighted by atomic mass is 9.80. The molecular weight excluding hydrogens is 300 g/mol. The van der Waals surface area contributed by atoms with Gasteiger partial charge in [-0.2, -0.15) is 11.8 Å². The van der Waals surface area contributed by atoms with Crippen molar-refractivity contribution in [3.05, 3.63) is 16.1 Å². The normalized spacial score (nSPS) is 25.4. The molecule has 21 heavy (non-hydrogen) atoms. The fourth-order valence-electron chi connectivity index (χ4n) is 2.91. The summed E-state index contributed by atoms with van der Waals surface area (Å²) in [5, 5.41) is 7.24. The van der Waals surface area contributed by atoms with Crippen LogP contribution < -0.4 is 5.32 Å². The first-order valence-corrected chi connectivity index (χ1v) is 9.70. The smallest absolute Gasteiger partial charge is 0.114 e. The third kappa shape index (κ3) is 4.21. The second kappa shape index (κ2) is 6.99. The van der Waals surface area contributed by atoms with Crippen molar-refractivity contribution in [1.82, 2.24) is 10.3 Å². The van der Waals surface area contributed by atoms with Gasteiger partial charge in [0.1, 0.15) is 5.01 Å². The van der Waals surface area contributed by atoms with E-state index in [1.165, 1.54) is 16.5 Å². The van der Waals surface area contributed by atoms with Crippen LogP contribution in [0.5, 0.6) is 0 Å². The first-order valence-electron chi connectivity index (χ1n) is 7.66. The van der Waals surface area contributed by atoms with E-state index in [1.54, 1.807) is 7.11 Å². The van der Waals surface area contributed by atoms with Gasteiger partial charge >= 0.3 is 0 Å². The number of rotatable bonds is 6. The molecule has 1 fully saturated rings. The summed E-state index contributed by atoms with van der Waals surface area (Å²) in [6.07, 6.45) is 1.14. The number of nitrogens with one attached hydrogen (secondary N) is 1. The van der Waals surface area contributed by atoms with Crippen LogP contribution in [0.25, 0.3) is 0 Å². The van der Waals surface area contributed by atoms with Crippen molar-refractivity contribution in [2.24, 2.45) is 5.41 Å². The number of hydrogen-bond acceptors (Lipinski definition) is 5. The lowest BCUT2D eigenvalue weighted by molar-refractivity contribution is 0.168. The summed E-state index contributed by atoms with van der Waals surface area (Å²) in [6.45, 7) is 10.8. The van der Waals surface area contributed by atoms with Gasteiger partial charge in [-0.15, -0.1) is 11.3 Å². The Morgan fingerprint density at radius 3 is 2.71 bits per heavy atom. The molecule has 1 aromatic heterocycles. The van der Waals surface area contributed by atoms with Crippen molar-refractivity contribution in [2.45, 2.75) is 45.6 Å². The number of thiazole rings is 1. The SMILES string of the molecule is COCCNC1(c2nc(C(C)C)cs2)CSCC(C)(C)C1. The number of methoxy groups -OCH3 is 1.